The molecule has 0 fully saturated rings. The van der Waals surface area contributed by atoms with Crippen molar-refractivity contribution in [3.8, 4) is 10.6 Å². The second-order valence-electron chi connectivity index (χ2n) is 5.55. The molecule has 1 amide bonds. The molecule has 4 rings (SSSR count). The Balaban J connectivity index is 1.54. The Bertz CT molecular complexity index is 842. The molecule has 0 aliphatic carbocycles. The molecule has 0 radical (unpaired) electrons. The van der Waals surface area contributed by atoms with Gasteiger partial charge in [-0.3, -0.25) is 4.79 Å². The number of anilines is 1. The minimum absolute atomic E-state index is 0.132. The van der Waals surface area contributed by atoms with Crippen LogP contribution in [0.4, 0.5) is 5.69 Å². The fraction of sp³-hybridized carbons (Fsp3) is 0.222. The molecule has 0 atom stereocenters. The Morgan fingerprint density at radius 3 is 3.00 bits per heavy atom. The molecule has 0 saturated carbocycles. The van der Waals surface area contributed by atoms with Gasteiger partial charge in [-0.15, -0.1) is 23.1 Å². The first-order valence-corrected chi connectivity index (χ1v) is 10.6. The van der Waals surface area contributed by atoms with E-state index in [4.69, 9.17) is 0 Å². The summed E-state index contributed by atoms with van der Waals surface area (Å²) in [7, 11) is 0. The van der Waals surface area contributed by atoms with Gasteiger partial charge in [0.25, 0.3) is 0 Å². The summed E-state index contributed by atoms with van der Waals surface area (Å²) in [6, 6.07) is 10.2. The maximum atomic E-state index is 12.9. The predicted molar refractivity (Wildman–Crippen MR) is 103 cm³/mol. The summed E-state index contributed by atoms with van der Waals surface area (Å²) in [6.07, 6.45) is 1.38. The van der Waals surface area contributed by atoms with E-state index < -0.39 is 0 Å². The molecule has 0 bridgehead atoms. The SMILES string of the molecule is O=C(Cc1csc(-c2ccsc2)n1)N1CCCSc2ccccc21. The van der Waals surface area contributed by atoms with E-state index in [0.29, 0.717) is 6.42 Å². The van der Waals surface area contributed by atoms with Gasteiger partial charge in [-0.05, 0) is 35.8 Å². The Kier molecular flexibility index (Phi) is 4.69. The Hall–Kier alpha value is -1.63. The highest BCUT2D eigenvalue weighted by Crippen LogP contribution is 2.34. The molecule has 3 nitrogen and oxygen atoms in total. The zero-order valence-corrected chi connectivity index (χ0v) is 15.4. The smallest absolute Gasteiger partial charge is 0.233 e. The third-order valence-corrected chi connectivity index (χ3v) is 6.67. The quantitative estimate of drug-likeness (QED) is 0.653. The molecular formula is C18H16N2OS3. The van der Waals surface area contributed by atoms with Gasteiger partial charge in [-0.1, -0.05) is 12.1 Å². The molecule has 6 heteroatoms. The summed E-state index contributed by atoms with van der Waals surface area (Å²) in [5.74, 6) is 1.19. The minimum atomic E-state index is 0.132. The van der Waals surface area contributed by atoms with Crippen LogP contribution in [0.2, 0.25) is 0 Å². The van der Waals surface area contributed by atoms with Crippen molar-refractivity contribution >= 4 is 46.0 Å². The van der Waals surface area contributed by atoms with Crippen LogP contribution in [-0.4, -0.2) is 23.2 Å². The van der Waals surface area contributed by atoms with Crippen LogP contribution in [0.15, 0.2) is 51.4 Å². The molecule has 3 heterocycles. The van der Waals surface area contributed by atoms with Crippen LogP contribution in [0.25, 0.3) is 10.6 Å². The van der Waals surface area contributed by atoms with E-state index in [1.807, 2.05) is 45.6 Å². The maximum absolute atomic E-state index is 12.9. The lowest BCUT2D eigenvalue weighted by molar-refractivity contribution is -0.118. The summed E-state index contributed by atoms with van der Waals surface area (Å²) in [5.41, 5.74) is 3.04. The summed E-state index contributed by atoms with van der Waals surface area (Å²) in [4.78, 5) is 20.6. The number of carbonyl (C=O) groups excluding carboxylic acids is 1. The molecular weight excluding hydrogens is 356 g/mol. The van der Waals surface area contributed by atoms with Crippen LogP contribution < -0.4 is 4.90 Å². The van der Waals surface area contributed by atoms with Crippen LogP contribution in [0.5, 0.6) is 0 Å². The molecule has 3 aromatic rings. The highest BCUT2D eigenvalue weighted by Gasteiger charge is 2.22. The number of thiazole rings is 1. The largest absolute Gasteiger partial charge is 0.311 e. The van der Waals surface area contributed by atoms with Gasteiger partial charge in [0, 0.05) is 27.8 Å². The summed E-state index contributed by atoms with van der Waals surface area (Å²) in [5, 5.41) is 7.13. The third-order valence-electron chi connectivity index (χ3n) is 3.89. The number of benzene rings is 1. The van der Waals surface area contributed by atoms with Gasteiger partial charge in [-0.2, -0.15) is 11.3 Å². The van der Waals surface area contributed by atoms with E-state index in [1.54, 1.807) is 22.7 Å². The molecule has 1 aliphatic heterocycles. The minimum Gasteiger partial charge on any atom is -0.311 e. The normalized spacial score (nSPS) is 14.2. The lowest BCUT2D eigenvalue weighted by atomic mass is 10.2. The first kappa shape index (κ1) is 15.9. The van der Waals surface area contributed by atoms with E-state index in [9.17, 15) is 4.79 Å². The van der Waals surface area contributed by atoms with Crippen molar-refractivity contribution in [3.05, 3.63) is 52.2 Å². The van der Waals surface area contributed by atoms with Crippen LogP contribution in [0.3, 0.4) is 0 Å². The van der Waals surface area contributed by atoms with E-state index in [1.165, 1.54) is 4.90 Å². The van der Waals surface area contributed by atoms with Crippen molar-refractivity contribution < 1.29 is 4.79 Å². The van der Waals surface area contributed by atoms with Crippen molar-refractivity contribution in [2.45, 2.75) is 17.7 Å². The average Bonchev–Trinajstić information content (AvgIpc) is 3.23. The summed E-state index contributed by atoms with van der Waals surface area (Å²) >= 11 is 5.10. The fourth-order valence-electron chi connectivity index (χ4n) is 2.74. The van der Waals surface area contributed by atoms with Gasteiger partial charge in [0.1, 0.15) is 5.01 Å². The van der Waals surface area contributed by atoms with Gasteiger partial charge in [0.2, 0.25) is 5.91 Å². The molecule has 1 aromatic carbocycles. The molecule has 24 heavy (non-hydrogen) atoms. The fourth-order valence-corrected chi connectivity index (χ4v) is 5.27. The number of amides is 1. The summed E-state index contributed by atoms with van der Waals surface area (Å²) in [6.45, 7) is 0.782. The Morgan fingerprint density at radius 1 is 1.21 bits per heavy atom. The van der Waals surface area contributed by atoms with Gasteiger partial charge in [0.15, 0.2) is 0 Å². The number of thioether (sulfide) groups is 1. The van der Waals surface area contributed by atoms with Crippen molar-refractivity contribution in [2.75, 3.05) is 17.2 Å². The van der Waals surface area contributed by atoms with Crippen LogP contribution >= 0.6 is 34.4 Å². The molecule has 0 N–H and O–H groups in total. The Morgan fingerprint density at radius 2 is 2.12 bits per heavy atom. The molecule has 2 aromatic heterocycles. The van der Waals surface area contributed by atoms with E-state index in [2.05, 4.69) is 22.5 Å². The van der Waals surface area contributed by atoms with Gasteiger partial charge >= 0.3 is 0 Å². The average molecular weight is 373 g/mol. The van der Waals surface area contributed by atoms with Gasteiger partial charge < -0.3 is 4.90 Å². The molecule has 1 aliphatic rings. The number of fused-ring (bicyclic) bond motifs is 1. The molecule has 0 unspecified atom stereocenters. The number of hydrogen-bond acceptors (Lipinski definition) is 5. The number of carbonyl (C=O) groups is 1. The van der Waals surface area contributed by atoms with Crippen molar-refractivity contribution in [2.24, 2.45) is 0 Å². The standard InChI is InChI=1S/C18H16N2OS3/c21-17(10-14-12-24-18(19-14)13-6-9-22-11-13)20-7-3-8-23-16-5-2-1-4-15(16)20/h1-2,4-6,9,11-12H,3,7-8,10H2. The lowest BCUT2D eigenvalue weighted by Gasteiger charge is -2.22. The lowest BCUT2D eigenvalue weighted by Crippen LogP contribution is -2.33. The van der Waals surface area contributed by atoms with Crippen molar-refractivity contribution in [1.82, 2.24) is 4.98 Å². The van der Waals surface area contributed by atoms with E-state index >= 15 is 0 Å². The van der Waals surface area contributed by atoms with E-state index in [-0.39, 0.29) is 5.91 Å². The number of nitrogens with zero attached hydrogens (tertiary/aromatic N) is 2. The molecule has 0 saturated heterocycles. The van der Waals surface area contributed by atoms with Crippen molar-refractivity contribution in [1.29, 1.82) is 0 Å². The first-order valence-electron chi connectivity index (χ1n) is 7.80. The highest BCUT2D eigenvalue weighted by atomic mass is 32.2. The third kappa shape index (κ3) is 3.27. The highest BCUT2D eigenvalue weighted by molar-refractivity contribution is 7.99. The number of aromatic nitrogens is 1. The van der Waals surface area contributed by atoms with Gasteiger partial charge in [-0.25, -0.2) is 4.98 Å². The molecule has 0 spiro atoms. The number of para-hydroxylation sites is 1. The van der Waals surface area contributed by atoms with Gasteiger partial charge in [0.05, 0.1) is 17.8 Å². The second-order valence-corrected chi connectivity index (χ2v) is 8.32. The number of rotatable bonds is 3. The Labute approximate surface area is 153 Å². The zero-order valence-electron chi connectivity index (χ0n) is 13.0. The maximum Gasteiger partial charge on any atom is 0.233 e. The van der Waals surface area contributed by atoms with Crippen LogP contribution in [-0.2, 0) is 11.2 Å². The van der Waals surface area contributed by atoms with E-state index in [0.717, 1.165) is 40.7 Å². The van der Waals surface area contributed by atoms with Crippen molar-refractivity contribution in [3.63, 3.8) is 0 Å². The summed E-state index contributed by atoms with van der Waals surface area (Å²) < 4.78 is 0. The first-order chi connectivity index (χ1) is 11.8. The predicted octanol–water partition coefficient (Wildman–Crippen LogP) is 4.94. The van der Waals surface area contributed by atoms with Crippen LogP contribution in [0, 0.1) is 0 Å². The number of thiophene rings is 1. The topological polar surface area (TPSA) is 33.2 Å². The second kappa shape index (κ2) is 7.09. The number of hydrogen-bond donors (Lipinski definition) is 0. The van der Waals surface area contributed by atoms with Crippen LogP contribution in [0.1, 0.15) is 12.1 Å². The zero-order chi connectivity index (χ0) is 16.4. The monoisotopic (exact) mass is 372 g/mol. The molecule has 122 valence electrons.